The quantitative estimate of drug-likeness (QED) is 0.930. The van der Waals surface area contributed by atoms with Crippen LogP contribution in [0.3, 0.4) is 0 Å². The largest absolute Gasteiger partial charge is 0.481 e. The average Bonchev–Trinajstić information content (AvgIpc) is 2.84. The van der Waals surface area contributed by atoms with Crippen molar-refractivity contribution in [2.75, 3.05) is 6.54 Å². The molecule has 0 spiro atoms. The number of aliphatic carboxylic acids is 1. The van der Waals surface area contributed by atoms with Crippen molar-refractivity contribution in [3.8, 4) is 0 Å². The van der Waals surface area contributed by atoms with Crippen LogP contribution in [0.25, 0.3) is 0 Å². The Morgan fingerprint density at radius 1 is 1.28 bits per heavy atom. The summed E-state index contributed by atoms with van der Waals surface area (Å²) in [6.45, 7) is 6.37. The minimum absolute atomic E-state index is 0.0556. The Balaban J connectivity index is 1.92. The van der Waals surface area contributed by atoms with E-state index >= 15 is 0 Å². The van der Waals surface area contributed by atoms with Crippen LogP contribution in [0.2, 0.25) is 0 Å². The molecule has 0 bridgehead atoms. The monoisotopic (exact) mass is 341 g/mol. The van der Waals surface area contributed by atoms with E-state index < -0.39 is 11.9 Å². The summed E-state index contributed by atoms with van der Waals surface area (Å²) in [6, 6.07) is 7.46. The lowest BCUT2D eigenvalue weighted by Crippen LogP contribution is -2.42. The molecule has 132 valence electrons. The first kappa shape index (κ1) is 17.2. The van der Waals surface area contributed by atoms with Gasteiger partial charge in [0.15, 0.2) is 0 Å². The maximum absolute atomic E-state index is 13.1. The number of fused-ring (bicyclic) bond motifs is 1. The van der Waals surface area contributed by atoms with E-state index in [4.69, 9.17) is 0 Å². The molecular weight excluding hydrogens is 318 g/mol. The third-order valence-electron chi connectivity index (χ3n) is 5.17. The zero-order valence-corrected chi connectivity index (χ0v) is 15.0. The Hall–Kier alpha value is -2.63. The Kier molecular flexibility index (Phi) is 4.37. The lowest BCUT2D eigenvalue weighted by Gasteiger charge is -2.34. The number of aryl methyl sites for hydroxylation is 2. The van der Waals surface area contributed by atoms with Crippen LogP contribution in [0.1, 0.15) is 46.8 Å². The number of aromatic nitrogens is 2. The van der Waals surface area contributed by atoms with Gasteiger partial charge < -0.3 is 10.0 Å². The standard InChI is InChI=1S/C19H23N3O3/c1-11(17-12(2)20-21(4)13(17)3)18(23)22-9-14-7-5-6-8-15(14)16(10-22)19(24)25/h5-8,11,16H,9-10H2,1-4H3,(H,24,25). The van der Waals surface area contributed by atoms with Crippen LogP contribution in [0, 0.1) is 13.8 Å². The van der Waals surface area contributed by atoms with E-state index in [1.54, 1.807) is 9.58 Å². The predicted molar refractivity (Wildman–Crippen MR) is 93.3 cm³/mol. The number of carbonyl (C=O) groups excluding carboxylic acids is 1. The van der Waals surface area contributed by atoms with Gasteiger partial charge in [0.25, 0.3) is 0 Å². The van der Waals surface area contributed by atoms with Crippen molar-refractivity contribution in [3.63, 3.8) is 0 Å². The van der Waals surface area contributed by atoms with Crippen LogP contribution in [0.4, 0.5) is 0 Å². The average molecular weight is 341 g/mol. The Morgan fingerprint density at radius 2 is 1.96 bits per heavy atom. The molecule has 6 heteroatoms. The molecule has 0 saturated carbocycles. The molecule has 2 heterocycles. The highest BCUT2D eigenvalue weighted by Gasteiger charge is 2.35. The molecule has 1 aliphatic heterocycles. The minimum atomic E-state index is -0.897. The molecule has 2 atom stereocenters. The van der Waals surface area contributed by atoms with Crippen molar-refractivity contribution in [3.05, 3.63) is 52.3 Å². The molecule has 25 heavy (non-hydrogen) atoms. The van der Waals surface area contributed by atoms with Gasteiger partial charge in [0.2, 0.25) is 5.91 Å². The molecule has 2 aromatic rings. The molecule has 2 unspecified atom stereocenters. The number of carboxylic acid groups (broad SMARTS) is 1. The van der Waals surface area contributed by atoms with E-state index in [0.717, 1.165) is 28.1 Å². The van der Waals surface area contributed by atoms with Crippen LogP contribution < -0.4 is 0 Å². The summed E-state index contributed by atoms with van der Waals surface area (Å²) < 4.78 is 1.78. The number of nitrogens with zero attached hydrogens (tertiary/aromatic N) is 3. The van der Waals surface area contributed by atoms with Gasteiger partial charge in [-0.15, -0.1) is 0 Å². The molecule has 1 N–H and O–H groups in total. The number of rotatable bonds is 3. The summed E-state index contributed by atoms with van der Waals surface area (Å²) in [5, 5.41) is 14.0. The van der Waals surface area contributed by atoms with Crippen LogP contribution >= 0.6 is 0 Å². The van der Waals surface area contributed by atoms with Gasteiger partial charge in [0.1, 0.15) is 0 Å². The molecule has 0 fully saturated rings. The van der Waals surface area contributed by atoms with E-state index in [1.165, 1.54) is 0 Å². The first-order valence-corrected chi connectivity index (χ1v) is 8.40. The Morgan fingerprint density at radius 3 is 2.56 bits per heavy atom. The van der Waals surface area contributed by atoms with Gasteiger partial charge in [-0.25, -0.2) is 0 Å². The van der Waals surface area contributed by atoms with E-state index in [1.807, 2.05) is 52.1 Å². The molecule has 0 aliphatic carbocycles. The fraction of sp³-hybridized carbons (Fsp3) is 0.421. The molecule has 3 rings (SSSR count). The maximum atomic E-state index is 13.1. The van der Waals surface area contributed by atoms with Gasteiger partial charge in [-0.1, -0.05) is 24.3 Å². The number of hydrogen-bond acceptors (Lipinski definition) is 3. The number of benzene rings is 1. The molecule has 0 saturated heterocycles. The predicted octanol–water partition coefficient (Wildman–Crippen LogP) is 2.35. The lowest BCUT2D eigenvalue weighted by molar-refractivity contribution is -0.141. The number of hydrogen-bond donors (Lipinski definition) is 1. The van der Waals surface area contributed by atoms with Crippen molar-refractivity contribution in [2.24, 2.45) is 7.05 Å². The van der Waals surface area contributed by atoms with E-state index in [2.05, 4.69) is 5.10 Å². The second-order valence-corrected chi connectivity index (χ2v) is 6.74. The smallest absolute Gasteiger partial charge is 0.312 e. The second-order valence-electron chi connectivity index (χ2n) is 6.74. The Bertz CT molecular complexity index is 840. The highest BCUT2D eigenvalue weighted by Crippen LogP contribution is 2.32. The third-order valence-corrected chi connectivity index (χ3v) is 5.17. The first-order chi connectivity index (χ1) is 11.8. The van der Waals surface area contributed by atoms with E-state index in [-0.39, 0.29) is 18.4 Å². The van der Waals surface area contributed by atoms with Crippen molar-refractivity contribution in [1.82, 2.24) is 14.7 Å². The van der Waals surface area contributed by atoms with Crippen molar-refractivity contribution in [2.45, 2.75) is 39.2 Å². The summed E-state index contributed by atoms with van der Waals surface area (Å²) >= 11 is 0. The minimum Gasteiger partial charge on any atom is -0.481 e. The summed E-state index contributed by atoms with van der Waals surface area (Å²) in [5.41, 5.74) is 4.44. The van der Waals surface area contributed by atoms with Crippen LogP contribution in [-0.4, -0.2) is 38.2 Å². The van der Waals surface area contributed by atoms with E-state index in [0.29, 0.717) is 6.54 Å². The summed E-state index contributed by atoms with van der Waals surface area (Å²) in [7, 11) is 1.86. The zero-order chi connectivity index (χ0) is 18.3. The molecular formula is C19H23N3O3. The van der Waals surface area contributed by atoms with Crippen molar-refractivity contribution in [1.29, 1.82) is 0 Å². The fourth-order valence-electron chi connectivity index (χ4n) is 3.80. The van der Waals surface area contributed by atoms with Gasteiger partial charge in [0, 0.05) is 31.4 Å². The second kappa shape index (κ2) is 6.35. The summed E-state index contributed by atoms with van der Waals surface area (Å²) in [6.07, 6.45) is 0. The van der Waals surface area contributed by atoms with Crippen LogP contribution in [0.5, 0.6) is 0 Å². The highest BCUT2D eigenvalue weighted by atomic mass is 16.4. The zero-order valence-electron chi connectivity index (χ0n) is 15.0. The highest BCUT2D eigenvalue weighted by molar-refractivity contribution is 5.86. The lowest BCUT2D eigenvalue weighted by atomic mass is 9.88. The third kappa shape index (κ3) is 2.92. The van der Waals surface area contributed by atoms with Crippen molar-refractivity contribution < 1.29 is 14.7 Å². The molecule has 6 nitrogen and oxygen atoms in total. The maximum Gasteiger partial charge on any atom is 0.312 e. The number of carboxylic acids is 1. The van der Waals surface area contributed by atoms with Crippen LogP contribution in [-0.2, 0) is 23.2 Å². The van der Waals surface area contributed by atoms with Gasteiger partial charge >= 0.3 is 5.97 Å². The number of amides is 1. The van der Waals surface area contributed by atoms with Crippen molar-refractivity contribution >= 4 is 11.9 Å². The molecule has 1 amide bonds. The van der Waals surface area contributed by atoms with Gasteiger partial charge in [-0.2, -0.15) is 5.10 Å². The SMILES string of the molecule is Cc1nn(C)c(C)c1C(C)C(=O)N1Cc2ccccc2C(C(=O)O)C1. The van der Waals surface area contributed by atoms with Gasteiger partial charge in [0.05, 0.1) is 17.5 Å². The fourth-order valence-corrected chi connectivity index (χ4v) is 3.80. The molecule has 1 aromatic heterocycles. The van der Waals surface area contributed by atoms with E-state index in [9.17, 15) is 14.7 Å². The summed E-state index contributed by atoms with van der Waals surface area (Å²) in [4.78, 5) is 26.4. The molecule has 0 radical (unpaired) electrons. The van der Waals surface area contributed by atoms with Gasteiger partial charge in [-0.05, 0) is 31.9 Å². The topological polar surface area (TPSA) is 75.4 Å². The van der Waals surface area contributed by atoms with Gasteiger partial charge in [-0.3, -0.25) is 14.3 Å². The first-order valence-electron chi connectivity index (χ1n) is 8.40. The Labute approximate surface area is 147 Å². The molecule has 1 aliphatic rings. The number of carbonyl (C=O) groups is 2. The summed E-state index contributed by atoms with van der Waals surface area (Å²) in [5.74, 6) is -1.99. The molecule has 1 aromatic carbocycles. The van der Waals surface area contributed by atoms with Crippen LogP contribution in [0.15, 0.2) is 24.3 Å². The normalized spacial score (nSPS) is 17.9.